The molecule has 0 aliphatic carbocycles. The normalized spacial score (nSPS) is 14.0. The smallest absolute Gasteiger partial charge is 0.409 e. The topological polar surface area (TPSA) is 228 Å². The van der Waals surface area contributed by atoms with Crippen LogP contribution in [-0.2, 0) is 9.47 Å². The van der Waals surface area contributed by atoms with E-state index in [-0.39, 0.29) is 84.9 Å². The molecule has 6 rings (SSSR count). The largest absolute Gasteiger partial charge is 0.496 e. The Hall–Kier alpha value is -5.69. The third-order valence-corrected chi connectivity index (χ3v) is 10.5. The van der Waals surface area contributed by atoms with Gasteiger partial charge in [-0.05, 0) is 75.9 Å². The fourth-order valence-electron chi connectivity index (χ4n) is 6.36. The highest BCUT2D eigenvalue weighted by Gasteiger charge is 2.26. The maximum atomic E-state index is 13.9. The minimum Gasteiger partial charge on any atom is -0.496 e. The molecular formula is C42H49Cl3F2N8O8. The first kappa shape index (κ1) is 50.0. The average molecular weight is 938 g/mol. The van der Waals surface area contributed by atoms with Gasteiger partial charge in [-0.3, -0.25) is 9.59 Å². The summed E-state index contributed by atoms with van der Waals surface area (Å²) in [5, 5.41) is 3.15. The molecule has 2 aliphatic rings. The van der Waals surface area contributed by atoms with Crippen LogP contribution in [0.3, 0.4) is 0 Å². The van der Waals surface area contributed by atoms with Gasteiger partial charge in [-0.25, -0.2) is 28.3 Å². The lowest BCUT2D eigenvalue weighted by Gasteiger charge is -2.31. The Morgan fingerprint density at radius 1 is 0.683 bits per heavy atom. The fraction of sp³-hybridized carbons (Fsp3) is 0.381. The van der Waals surface area contributed by atoms with Gasteiger partial charge in [0.2, 0.25) is 11.6 Å². The van der Waals surface area contributed by atoms with Gasteiger partial charge in [-0.15, -0.1) is 0 Å². The van der Waals surface area contributed by atoms with Gasteiger partial charge in [0.1, 0.15) is 45.7 Å². The lowest BCUT2D eigenvalue weighted by atomic mass is 10.0. The quantitative estimate of drug-likeness (QED) is 0.0885. The van der Waals surface area contributed by atoms with Gasteiger partial charge in [0.15, 0.2) is 0 Å². The molecule has 0 saturated carbocycles. The second-order valence-corrected chi connectivity index (χ2v) is 15.1. The monoisotopic (exact) mass is 936 g/mol. The zero-order chi connectivity index (χ0) is 46.4. The Morgan fingerprint density at radius 3 is 1.52 bits per heavy atom. The lowest BCUT2D eigenvalue weighted by molar-refractivity contribution is 0.0969. The Bertz CT molecular complexity index is 2260. The maximum absolute atomic E-state index is 13.9. The van der Waals surface area contributed by atoms with E-state index >= 15 is 0 Å². The summed E-state index contributed by atoms with van der Waals surface area (Å²) < 4.78 is 47.5. The molecular weight excluding hydrogens is 889 g/mol. The van der Waals surface area contributed by atoms with Gasteiger partial charge in [0, 0.05) is 50.4 Å². The van der Waals surface area contributed by atoms with Crippen LogP contribution in [0.1, 0.15) is 71.4 Å². The van der Waals surface area contributed by atoms with Crippen molar-refractivity contribution in [3.63, 3.8) is 0 Å². The van der Waals surface area contributed by atoms with E-state index in [0.717, 1.165) is 50.9 Å². The van der Waals surface area contributed by atoms with Crippen molar-refractivity contribution in [1.29, 1.82) is 0 Å². The first-order valence-electron chi connectivity index (χ1n) is 19.7. The predicted octanol–water partition coefficient (Wildman–Crippen LogP) is 7.64. The summed E-state index contributed by atoms with van der Waals surface area (Å²) >= 11 is 17.1. The lowest BCUT2D eigenvalue weighted by Crippen LogP contribution is -2.43. The van der Waals surface area contributed by atoms with Crippen LogP contribution in [0.15, 0.2) is 48.5 Å². The molecule has 16 nitrogen and oxygen atoms in total. The first-order valence-corrected chi connectivity index (χ1v) is 20.8. The Labute approximate surface area is 378 Å². The number of nitrogen functional groups attached to an aromatic ring is 2. The highest BCUT2D eigenvalue weighted by molar-refractivity contribution is 6.31. The van der Waals surface area contributed by atoms with Crippen molar-refractivity contribution in [2.75, 3.05) is 70.4 Å². The summed E-state index contributed by atoms with van der Waals surface area (Å²) in [4.78, 5) is 59.7. The van der Waals surface area contributed by atoms with E-state index in [1.807, 2.05) is 6.92 Å². The molecule has 0 radical (unpaired) electrons. The van der Waals surface area contributed by atoms with E-state index in [4.69, 9.17) is 71.0 Å². The van der Waals surface area contributed by atoms with Gasteiger partial charge in [-0.2, -0.15) is 0 Å². The van der Waals surface area contributed by atoms with E-state index in [0.29, 0.717) is 32.1 Å². The zero-order valence-electron chi connectivity index (χ0n) is 35.0. The third kappa shape index (κ3) is 13.6. The molecule has 0 atom stereocenters. The minimum atomic E-state index is -0.732. The molecule has 2 amide bonds. The summed E-state index contributed by atoms with van der Waals surface area (Å²) in [5.74, 6) is -1.73. The average Bonchev–Trinajstić information content (AvgIpc) is 3.26. The standard InChI is InChI=1S/C21H24ClFN4O4.C13H9Cl2FN2O2.C8H16N2O2/c1-3-31-21(29)27-8-6-12(7-9-27)25-18-5-4-13(20(24)26-18)19(28)14-10-16(23)15(22)11-17(14)30-2;1-20-10-5-8(14)9(16)4-7(10)12(19)6-2-3-11(15)18-13(6)17;1-2-12-8(11)10-5-3-7(9)4-6-10/h4-5,10-12H,3,6-9H2,1-2H3,(H3,24,25,26);2-5H,1H3,(H2,17,18);7H,2-6,9H2,1H3. The molecule has 2 fully saturated rings. The Morgan fingerprint density at radius 2 is 1.11 bits per heavy atom. The van der Waals surface area contributed by atoms with Crippen molar-refractivity contribution < 1.29 is 46.9 Å². The molecule has 21 heteroatoms. The molecule has 2 aromatic carbocycles. The van der Waals surface area contributed by atoms with E-state index in [2.05, 4.69) is 15.3 Å². The maximum Gasteiger partial charge on any atom is 0.409 e. The number of amides is 2. The number of aromatic nitrogens is 2. The second-order valence-electron chi connectivity index (χ2n) is 13.9. The van der Waals surface area contributed by atoms with Crippen molar-refractivity contribution in [2.24, 2.45) is 5.73 Å². The van der Waals surface area contributed by atoms with Crippen molar-refractivity contribution in [1.82, 2.24) is 19.8 Å². The number of pyridine rings is 2. The van der Waals surface area contributed by atoms with E-state index in [9.17, 15) is 28.0 Å². The number of carbonyl (C=O) groups is 4. The molecule has 2 aliphatic heterocycles. The number of rotatable bonds is 10. The number of benzene rings is 2. The summed E-state index contributed by atoms with van der Waals surface area (Å²) in [7, 11) is 2.71. The Balaban J connectivity index is 0.000000232. The summed E-state index contributed by atoms with van der Waals surface area (Å²) in [6.45, 7) is 7.00. The van der Waals surface area contributed by atoms with Crippen LogP contribution in [0, 0.1) is 11.6 Å². The number of ketones is 2. The number of nitrogens with one attached hydrogen (secondary N) is 1. The van der Waals surface area contributed by atoms with Crippen LogP contribution in [0.25, 0.3) is 0 Å². The van der Waals surface area contributed by atoms with Gasteiger partial charge in [0.25, 0.3) is 0 Å². The van der Waals surface area contributed by atoms with E-state index < -0.39 is 23.2 Å². The SMILES string of the molecule is CCOC(=O)N1CCC(N)CC1.CCOC(=O)N1CCC(Nc2ccc(C(=O)c3cc(F)c(Cl)cc3OC)c(N)n2)CC1.COc1cc(Cl)c(F)cc1C(=O)c1ccc(Cl)nc1N. The van der Waals surface area contributed by atoms with Crippen LogP contribution in [-0.4, -0.2) is 109 Å². The van der Waals surface area contributed by atoms with Gasteiger partial charge in [-0.1, -0.05) is 34.8 Å². The summed E-state index contributed by atoms with van der Waals surface area (Å²) in [6.07, 6.45) is 2.71. The number of nitrogens with two attached hydrogens (primary N) is 3. The third-order valence-electron chi connectivity index (χ3n) is 9.72. The summed E-state index contributed by atoms with van der Waals surface area (Å²) in [5.41, 5.74) is 17.6. The van der Waals surface area contributed by atoms with Gasteiger partial charge in [0.05, 0.1) is 59.7 Å². The van der Waals surface area contributed by atoms with Crippen molar-refractivity contribution in [3.05, 3.63) is 97.6 Å². The highest BCUT2D eigenvalue weighted by atomic mass is 35.5. The molecule has 340 valence electrons. The molecule has 2 aromatic heterocycles. The van der Waals surface area contributed by atoms with Crippen LogP contribution in [0.4, 0.5) is 35.8 Å². The second kappa shape index (κ2) is 23.7. The summed E-state index contributed by atoms with van der Waals surface area (Å²) in [6, 6.07) is 10.9. The van der Waals surface area contributed by atoms with Gasteiger partial charge >= 0.3 is 12.2 Å². The fourth-order valence-corrected chi connectivity index (χ4v) is 6.82. The van der Waals surface area contributed by atoms with Crippen molar-refractivity contribution in [2.45, 2.75) is 51.6 Å². The number of ether oxygens (including phenoxy) is 4. The molecule has 2 saturated heterocycles. The van der Waals surface area contributed by atoms with Crippen LogP contribution in [0.5, 0.6) is 11.5 Å². The first-order chi connectivity index (χ1) is 30.0. The number of hydrogen-bond donors (Lipinski definition) is 4. The van der Waals surface area contributed by atoms with Gasteiger partial charge < -0.3 is 51.3 Å². The van der Waals surface area contributed by atoms with Crippen molar-refractivity contribution >= 4 is 76.0 Å². The number of likely N-dealkylation sites (tertiary alicyclic amines) is 2. The molecule has 0 spiro atoms. The highest BCUT2D eigenvalue weighted by Crippen LogP contribution is 2.31. The van der Waals surface area contributed by atoms with E-state index in [1.165, 1.54) is 44.6 Å². The number of carbonyl (C=O) groups excluding carboxylic acids is 4. The van der Waals surface area contributed by atoms with E-state index in [1.54, 1.807) is 22.8 Å². The molecule has 7 N–H and O–H groups in total. The minimum absolute atomic E-state index is 0.00458. The molecule has 0 unspecified atom stereocenters. The number of anilines is 3. The molecule has 63 heavy (non-hydrogen) atoms. The van der Waals surface area contributed by atoms with Crippen LogP contribution < -0.4 is 32.0 Å². The van der Waals surface area contributed by atoms with Crippen LogP contribution >= 0.6 is 34.8 Å². The number of piperidine rings is 2. The number of nitrogens with zero attached hydrogens (tertiary/aromatic N) is 4. The number of halogens is 5. The predicted molar refractivity (Wildman–Crippen MR) is 236 cm³/mol. The van der Waals surface area contributed by atoms with Crippen LogP contribution in [0.2, 0.25) is 15.2 Å². The Kier molecular flexibility index (Phi) is 18.8. The molecule has 4 aromatic rings. The number of hydrogen-bond acceptors (Lipinski definition) is 14. The molecule has 4 heterocycles. The number of methoxy groups -OCH3 is 2. The zero-order valence-corrected chi connectivity index (χ0v) is 37.3. The molecule has 0 bridgehead atoms. The van der Waals surface area contributed by atoms with Crippen molar-refractivity contribution in [3.8, 4) is 11.5 Å².